The Hall–Kier alpha value is -1.92. The largest absolute Gasteiger partial charge is 0.489 e. The molecule has 0 amide bonds. The van der Waals surface area contributed by atoms with Gasteiger partial charge in [0.2, 0.25) is 10.0 Å². The van der Waals surface area contributed by atoms with Crippen molar-refractivity contribution >= 4 is 10.0 Å². The molecule has 4 nitrogen and oxygen atoms in total. The van der Waals surface area contributed by atoms with Gasteiger partial charge >= 0.3 is 0 Å². The standard InChI is InChI=1S/C15H16FNO3S/c1-21(18,19)17-10-12-6-8-14(9-7-12)20-11-13-4-2-3-5-15(13)16/h2-9,17H,10-11H2,1H3. The van der Waals surface area contributed by atoms with Gasteiger partial charge in [-0.15, -0.1) is 0 Å². The number of rotatable bonds is 6. The van der Waals surface area contributed by atoms with Gasteiger partial charge in [0.15, 0.2) is 0 Å². The van der Waals surface area contributed by atoms with Crippen LogP contribution in [-0.4, -0.2) is 14.7 Å². The summed E-state index contributed by atoms with van der Waals surface area (Å²) in [5.74, 6) is 0.299. The smallest absolute Gasteiger partial charge is 0.209 e. The van der Waals surface area contributed by atoms with Gasteiger partial charge in [-0.2, -0.15) is 0 Å². The van der Waals surface area contributed by atoms with Gasteiger partial charge < -0.3 is 4.74 Å². The second kappa shape index (κ2) is 6.69. The zero-order valence-electron chi connectivity index (χ0n) is 11.5. The lowest BCUT2D eigenvalue weighted by Gasteiger charge is -2.08. The topological polar surface area (TPSA) is 55.4 Å². The summed E-state index contributed by atoms with van der Waals surface area (Å²) in [5.41, 5.74) is 1.30. The molecular formula is C15H16FNO3S. The predicted molar refractivity (Wildman–Crippen MR) is 78.9 cm³/mol. The van der Waals surface area contributed by atoms with E-state index in [-0.39, 0.29) is 19.0 Å². The molecule has 0 spiro atoms. The molecule has 2 rings (SSSR count). The molecule has 0 fully saturated rings. The highest BCUT2D eigenvalue weighted by molar-refractivity contribution is 7.88. The summed E-state index contributed by atoms with van der Waals surface area (Å²) in [4.78, 5) is 0. The van der Waals surface area contributed by atoms with Crippen LogP contribution >= 0.6 is 0 Å². The molecule has 0 radical (unpaired) electrons. The maximum Gasteiger partial charge on any atom is 0.209 e. The van der Waals surface area contributed by atoms with Crippen LogP contribution in [0.1, 0.15) is 11.1 Å². The van der Waals surface area contributed by atoms with Crippen LogP contribution in [0.25, 0.3) is 0 Å². The average molecular weight is 309 g/mol. The lowest BCUT2D eigenvalue weighted by molar-refractivity contribution is 0.300. The molecule has 1 N–H and O–H groups in total. The number of hydrogen-bond donors (Lipinski definition) is 1. The van der Waals surface area contributed by atoms with Gasteiger partial charge in [0, 0.05) is 12.1 Å². The van der Waals surface area contributed by atoms with E-state index in [9.17, 15) is 12.8 Å². The van der Waals surface area contributed by atoms with Crippen molar-refractivity contribution in [1.29, 1.82) is 0 Å². The minimum atomic E-state index is -3.21. The monoisotopic (exact) mass is 309 g/mol. The first-order valence-corrected chi connectivity index (χ1v) is 8.23. The van der Waals surface area contributed by atoms with Crippen molar-refractivity contribution in [2.75, 3.05) is 6.26 Å². The Morgan fingerprint density at radius 1 is 1.10 bits per heavy atom. The number of benzene rings is 2. The van der Waals surface area contributed by atoms with Gasteiger partial charge in [-0.3, -0.25) is 0 Å². The van der Waals surface area contributed by atoms with Gasteiger partial charge in [0.1, 0.15) is 18.2 Å². The van der Waals surface area contributed by atoms with Gasteiger partial charge in [-0.25, -0.2) is 17.5 Å². The van der Waals surface area contributed by atoms with Gasteiger partial charge in [0.05, 0.1) is 6.26 Å². The number of halogens is 1. The summed E-state index contributed by atoms with van der Waals surface area (Å²) < 4.78 is 43.3. The second-order valence-electron chi connectivity index (χ2n) is 4.62. The Morgan fingerprint density at radius 3 is 2.38 bits per heavy atom. The van der Waals surface area contributed by atoms with Gasteiger partial charge in [-0.1, -0.05) is 30.3 Å². The highest BCUT2D eigenvalue weighted by Crippen LogP contribution is 2.15. The van der Waals surface area contributed by atoms with Crippen LogP contribution in [0.2, 0.25) is 0 Å². The third-order valence-electron chi connectivity index (χ3n) is 2.81. The molecule has 0 aliphatic heterocycles. The molecule has 2 aromatic carbocycles. The first-order valence-electron chi connectivity index (χ1n) is 6.34. The molecule has 0 saturated carbocycles. The maximum atomic E-state index is 13.4. The second-order valence-corrected chi connectivity index (χ2v) is 6.45. The summed E-state index contributed by atoms with van der Waals surface area (Å²) in [5, 5.41) is 0. The normalized spacial score (nSPS) is 11.3. The number of hydrogen-bond acceptors (Lipinski definition) is 3. The summed E-state index contributed by atoms with van der Waals surface area (Å²) in [6, 6.07) is 13.4. The van der Waals surface area contributed by atoms with Crippen LogP contribution in [0.4, 0.5) is 4.39 Å². The number of sulfonamides is 1. The fourth-order valence-corrected chi connectivity index (χ4v) is 2.12. The van der Waals surface area contributed by atoms with E-state index in [2.05, 4.69) is 4.72 Å². The van der Waals surface area contributed by atoms with Crippen molar-refractivity contribution in [2.24, 2.45) is 0 Å². The first kappa shape index (κ1) is 15.5. The van der Waals surface area contributed by atoms with E-state index in [1.165, 1.54) is 6.07 Å². The minimum absolute atomic E-state index is 0.146. The quantitative estimate of drug-likeness (QED) is 0.892. The van der Waals surface area contributed by atoms with E-state index in [4.69, 9.17) is 4.74 Å². The highest BCUT2D eigenvalue weighted by atomic mass is 32.2. The molecule has 0 aromatic heterocycles. The van der Waals surface area contributed by atoms with Crippen LogP contribution in [0, 0.1) is 5.82 Å². The first-order chi connectivity index (χ1) is 9.94. The Labute approximate surface area is 123 Å². The molecule has 0 aliphatic rings. The highest BCUT2D eigenvalue weighted by Gasteiger charge is 2.03. The molecule has 0 saturated heterocycles. The van der Waals surface area contributed by atoms with Crippen LogP contribution in [-0.2, 0) is 23.2 Å². The summed E-state index contributed by atoms with van der Waals surface area (Å²) in [6.45, 7) is 0.375. The summed E-state index contributed by atoms with van der Waals surface area (Å²) in [6.07, 6.45) is 1.11. The third-order valence-corrected chi connectivity index (χ3v) is 3.48. The van der Waals surface area contributed by atoms with E-state index in [0.717, 1.165) is 11.8 Å². The lowest BCUT2D eigenvalue weighted by Crippen LogP contribution is -2.21. The molecule has 0 heterocycles. The maximum absolute atomic E-state index is 13.4. The zero-order chi connectivity index (χ0) is 15.3. The zero-order valence-corrected chi connectivity index (χ0v) is 12.4. The molecule has 0 aliphatic carbocycles. The molecular weight excluding hydrogens is 293 g/mol. The Balaban J connectivity index is 1.92. The molecule has 0 atom stereocenters. The average Bonchev–Trinajstić information content (AvgIpc) is 2.45. The fourth-order valence-electron chi connectivity index (χ4n) is 1.69. The third kappa shape index (κ3) is 5.17. The summed E-state index contributed by atoms with van der Waals surface area (Å²) >= 11 is 0. The molecule has 6 heteroatoms. The molecule has 0 unspecified atom stereocenters. The van der Waals surface area contributed by atoms with Crippen molar-refractivity contribution in [1.82, 2.24) is 4.72 Å². The molecule has 0 bridgehead atoms. The van der Waals surface area contributed by atoms with E-state index >= 15 is 0 Å². The minimum Gasteiger partial charge on any atom is -0.489 e. The van der Waals surface area contributed by atoms with Crippen molar-refractivity contribution < 1.29 is 17.5 Å². The van der Waals surface area contributed by atoms with Crippen LogP contribution in [0.3, 0.4) is 0 Å². The molecule has 21 heavy (non-hydrogen) atoms. The van der Waals surface area contributed by atoms with Crippen LogP contribution in [0.5, 0.6) is 5.75 Å². The van der Waals surface area contributed by atoms with Gasteiger partial charge in [0.25, 0.3) is 0 Å². The fraction of sp³-hybridized carbons (Fsp3) is 0.200. The number of ether oxygens (including phenoxy) is 1. The van der Waals surface area contributed by atoms with Crippen LogP contribution < -0.4 is 9.46 Å². The van der Waals surface area contributed by atoms with E-state index in [1.54, 1.807) is 42.5 Å². The number of nitrogens with one attached hydrogen (secondary N) is 1. The Bertz CT molecular complexity index is 699. The molecule has 112 valence electrons. The Kier molecular flexibility index (Phi) is 4.93. The van der Waals surface area contributed by atoms with Crippen molar-refractivity contribution in [3.8, 4) is 5.75 Å². The summed E-state index contributed by atoms with van der Waals surface area (Å²) in [7, 11) is -3.21. The van der Waals surface area contributed by atoms with E-state index < -0.39 is 10.0 Å². The SMILES string of the molecule is CS(=O)(=O)NCc1ccc(OCc2ccccc2F)cc1. The van der Waals surface area contributed by atoms with Crippen molar-refractivity contribution in [3.05, 3.63) is 65.5 Å². The van der Waals surface area contributed by atoms with Crippen molar-refractivity contribution in [2.45, 2.75) is 13.2 Å². The molecule has 2 aromatic rings. The van der Waals surface area contributed by atoms with Gasteiger partial charge in [-0.05, 0) is 23.8 Å². The van der Waals surface area contributed by atoms with Crippen LogP contribution in [0.15, 0.2) is 48.5 Å². The van der Waals surface area contributed by atoms with E-state index in [0.29, 0.717) is 11.3 Å². The van der Waals surface area contributed by atoms with E-state index in [1.807, 2.05) is 0 Å². The lowest BCUT2D eigenvalue weighted by atomic mass is 10.2. The Morgan fingerprint density at radius 2 is 1.76 bits per heavy atom. The predicted octanol–water partition coefficient (Wildman–Crippen LogP) is 2.45. The van der Waals surface area contributed by atoms with Crippen molar-refractivity contribution in [3.63, 3.8) is 0 Å².